The maximum absolute atomic E-state index is 6.04. The minimum atomic E-state index is 0.303. The fourth-order valence-corrected chi connectivity index (χ4v) is 2.17. The predicted molar refractivity (Wildman–Crippen MR) is 66.1 cm³/mol. The van der Waals surface area contributed by atoms with Crippen LogP contribution in [0, 0.1) is 0 Å². The molecule has 1 saturated heterocycles. The van der Waals surface area contributed by atoms with Gasteiger partial charge in [0.1, 0.15) is 23.7 Å². The second-order valence-corrected chi connectivity index (χ2v) is 4.28. The quantitative estimate of drug-likeness (QED) is 0.852. The van der Waals surface area contributed by atoms with Gasteiger partial charge in [-0.25, -0.2) is 9.97 Å². The van der Waals surface area contributed by atoms with Crippen LogP contribution in [0.5, 0.6) is 5.75 Å². The molecule has 4 nitrogen and oxygen atoms in total. The van der Waals surface area contributed by atoms with Crippen LogP contribution in [0.2, 0.25) is 0 Å². The summed E-state index contributed by atoms with van der Waals surface area (Å²) in [6.07, 6.45) is 5.80. The van der Waals surface area contributed by atoms with Crippen LogP contribution in [0.3, 0.4) is 0 Å². The van der Waals surface area contributed by atoms with Gasteiger partial charge in [-0.3, -0.25) is 0 Å². The van der Waals surface area contributed by atoms with E-state index in [1.807, 2.05) is 24.4 Å². The molecule has 1 aromatic heterocycles. The van der Waals surface area contributed by atoms with Crippen LogP contribution in [0.25, 0.3) is 10.9 Å². The van der Waals surface area contributed by atoms with Crippen molar-refractivity contribution < 1.29 is 4.74 Å². The summed E-state index contributed by atoms with van der Waals surface area (Å²) in [6, 6.07) is 5.98. The van der Waals surface area contributed by atoms with Gasteiger partial charge < -0.3 is 10.1 Å². The number of benzene rings is 1. The van der Waals surface area contributed by atoms with Crippen LogP contribution in [0.1, 0.15) is 12.8 Å². The largest absolute Gasteiger partial charge is 0.488 e. The van der Waals surface area contributed by atoms with Gasteiger partial charge in [-0.1, -0.05) is 12.1 Å². The third-order valence-corrected chi connectivity index (χ3v) is 3.08. The van der Waals surface area contributed by atoms with E-state index in [0.29, 0.717) is 6.10 Å². The molecule has 2 aromatic rings. The number of piperidine rings is 1. The number of aromatic nitrogens is 2. The number of rotatable bonds is 2. The van der Waals surface area contributed by atoms with Gasteiger partial charge in [-0.2, -0.15) is 0 Å². The number of ether oxygens (including phenoxy) is 1. The summed E-state index contributed by atoms with van der Waals surface area (Å²) in [5.41, 5.74) is 0.904. The van der Waals surface area contributed by atoms with E-state index in [0.717, 1.165) is 42.6 Å². The second-order valence-electron chi connectivity index (χ2n) is 4.28. The lowest BCUT2D eigenvalue weighted by atomic mass is 10.1. The molecule has 2 heterocycles. The Morgan fingerprint density at radius 1 is 1.24 bits per heavy atom. The van der Waals surface area contributed by atoms with Crippen molar-refractivity contribution in [2.75, 3.05) is 13.1 Å². The number of hydrogen-bond donors (Lipinski definition) is 1. The number of fused-ring (bicyclic) bond motifs is 1. The van der Waals surface area contributed by atoms with Gasteiger partial charge in [-0.05, 0) is 32.0 Å². The monoisotopic (exact) mass is 229 g/mol. The van der Waals surface area contributed by atoms with Gasteiger partial charge in [0.05, 0.1) is 0 Å². The molecule has 1 N–H and O–H groups in total. The van der Waals surface area contributed by atoms with Crippen LogP contribution in [-0.2, 0) is 0 Å². The predicted octanol–water partition coefficient (Wildman–Crippen LogP) is 1.76. The van der Waals surface area contributed by atoms with E-state index in [-0.39, 0.29) is 0 Å². The highest BCUT2D eigenvalue weighted by molar-refractivity contribution is 5.83. The molecule has 0 atom stereocenters. The van der Waals surface area contributed by atoms with Crippen molar-refractivity contribution in [2.45, 2.75) is 18.9 Å². The molecule has 4 heteroatoms. The Morgan fingerprint density at radius 3 is 3.00 bits per heavy atom. The SMILES string of the molecule is c1cc(OC2CCNCC2)c2ncncc2c1. The van der Waals surface area contributed by atoms with Gasteiger partial charge in [0, 0.05) is 11.6 Å². The smallest absolute Gasteiger partial charge is 0.146 e. The lowest BCUT2D eigenvalue weighted by Crippen LogP contribution is -2.34. The van der Waals surface area contributed by atoms with Crippen LogP contribution in [-0.4, -0.2) is 29.2 Å². The minimum absolute atomic E-state index is 0.303. The van der Waals surface area contributed by atoms with Gasteiger partial charge in [0.15, 0.2) is 0 Å². The Bertz CT molecular complexity index is 503. The van der Waals surface area contributed by atoms with Crippen molar-refractivity contribution in [3.8, 4) is 5.75 Å². The lowest BCUT2D eigenvalue weighted by Gasteiger charge is -2.24. The molecule has 88 valence electrons. The fourth-order valence-electron chi connectivity index (χ4n) is 2.17. The summed E-state index contributed by atoms with van der Waals surface area (Å²) in [7, 11) is 0. The molecular formula is C13H15N3O. The summed E-state index contributed by atoms with van der Waals surface area (Å²) in [5.74, 6) is 0.872. The highest BCUT2D eigenvalue weighted by atomic mass is 16.5. The normalized spacial score (nSPS) is 17.2. The highest BCUT2D eigenvalue weighted by Gasteiger charge is 2.15. The van der Waals surface area contributed by atoms with E-state index in [4.69, 9.17) is 4.74 Å². The second kappa shape index (κ2) is 4.67. The molecule has 0 aliphatic carbocycles. The third-order valence-electron chi connectivity index (χ3n) is 3.08. The van der Waals surface area contributed by atoms with E-state index < -0.39 is 0 Å². The average Bonchev–Trinajstić information content (AvgIpc) is 2.40. The number of hydrogen-bond acceptors (Lipinski definition) is 4. The first kappa shape index (κ1) is 10.5. The number of nitrogens with zero attached hydrogens (tertiary/aromatic N) is 2. The van der Waals surface area contributed by atoms with Crippen LogP contribution >= 0.6 is 0 Å². The van der Waals surface area contributed by atoms with Crippen LogP contribution < -0.4 is 10.1 Å². The topological polar surface area (TPSA) is 47.0 Å². The van der Waals surface area contributed by atoms with Crippen LogP contribution in [0.15, 0.2) is 30.7 Å². The summed E-state index contributed by atoms with van der Waals surface area (Å²) >= 11 is 0. The maximum Gasteiger partial charge on any atom is 0.146 e. The first-order valence-corrected chi connectivity index (χ1v) is 5.99. The summed E-state index contributed by atoms with van der Waals surface area (Å²) in [6.45, 7) is 2.06. The summed E-state index contributed by atoms with van der Waals surface area (Å²) in [4.78, 5) is 8.32. The van der Waals surface area contributed by atoms with Gasteiger partial charge in [0.2, 0.25) is 0 Å². The molecule has 0 unspecified atom stereocenters. The lowest BCUT2D eigenvalue weighted by molar-refractivity contribution is 0.164. The summed E-state index contributed by atoms with van der Waals surface area (Å²) < 4.78 is 6.04. The Kier molecular flexibility index (Phi) is 2.88. The molecule has 0 bridgehead atoms. The van der Waals surface area contributed by atoms with E-state index in [1.54, 1.807) is 6.33 Å². The Morgan fingerprint density at radius 2 is 2.12 bits per heavy atom. The van der Waals surface area contributed by atoms with Crippen molar-refractivity contribution in [3.63, 3.8) is 0 Å². The molecule has 1 aliphatic rings. The van der Waals surface area contributed by atoms with Gasteiger partial charge >= 0.3 is 0 Å². The average molecular weight is 229 g/mol. The molecule has 0 radical (unpaired) electrons. The standard InChI is InChI=1S/C13H15N3O/c1-2-10-8-15-9-16-13(10)12(3-1)17-11-4-6-14-7-5-11/h1-3,8-9,11,14H,4-7H2. The van der Waals surface area contributed by atoms with Crippen molar-refractivity contribution in [1.82, 2.24) is 15.3 Å². The Balaban J connectivity index is 1.89. The van der Waals surface area contributed by atoms with Crippen molar-refractivity contribution >= 4 is 10.9 Å². The molecule has 17 heavy (non-hydrogen) atoms. The Labute approximate surface area is 100 Å². The minimum Gasteiger partial charge on any atom is -0.488 e. The zero-order valence-electron chi connectivity index (χ0n) is 9.60. The van der Waals surface area contributed by atoms with E-state index in [1.165, 1.54) is 0 Å². The molecule has 1 aliphatic heterocycles. The number of nitrogens with one attached hydrogen (secondary N) is 1. The van der Waals surface area contributed by atoms with Crippen molar-refractivity contribution in [2.24, 2.45) is 0 Å². The van der Waals surface area contributed by atoms with Crippen LogP contribution in [0.4, 0.5) is 0 Å². The molecule has 0 saturated carbocycles. The molecular weight excluding hydrogens is 214 g/mol. The van der Waals surface area contributed by atoms with E-state index in [9.17, 15) is 0 Å². The van der Waals surface area contributed by atoms with Gasteiger partial charge in [-0.15, -0.1) is 0 Å². The highest BCUT2D eigenvalue weighted by Crippen LogP contribution is 2.24. The van der Waals surface area contributed by atoms with E-state index >= 15 is 0 Å². The Hall–Kier alpha value is -1.68. The zero-order chi connectivity index (χ0) is 11.5. The number of para-hydroxylation sites is 1. The third kappa shape index (κ3) is 2.22. The first-order valence-electron chi connectivity index (χ1n) is 5.99. The summed E-state index contributed by atoms with van der Waals surface area (Å²) in [5, 5.41) is 4.36. The van der Waals surface area contributed by atoms with Crippen molar-refractivity contribution in [1.29, 1.82) is 0 Å². The molecule has 1 fully saturated rings. The molecule has 1 aromatic carbocycles. The fraction of sp³-hybridized carbons (Fsp3) is 0.385. The molecule has 0 amide bonds. The molecule has 0 spiro atoms. The zero-order valence-corrected chi connectivity index (χ0v) is 9.60. The molecule has 3 rings (SSSR count). The van der Waals surface area contributed by atoms with Gasteiger partial charge in [0.25, 0.3) is 0 Å². The first-order chi connectivity index (χ1) is 8.43. The van der Waals surface area contributed by atoms with Crippen molar-refractivity contribution in [3.05, 3.63) is 30.7 Å². The van der Waals surface area contributed by atoms with E-state index in [2.05, 4.69) is 15.3 Å². The maximum atomic E-state index is 6.04.